The van der Waals surface area contributed by atoms with Crippen LogP contribution in [0.2, 0.25) is 0 Å². The van der Waals surface area contributed by atoms with Crippen molar-refractivity contribution in [2.24, 2.45) is 5.73 Å². The van der Waals surface area contributed by atoms with E-state index in [2.05, 4.69) is 10.3 Å². The van der Waals surface area contributed by atoms with Crippen molar-refractivity contribution in [3.8, 4) is 11.5 Å². The lowest BCUT2D eigenvalue weighted by Crippen LogP contribution is -2.33. The summed E-state index contributed by atoms with van der Waals surface area (Å²) >= 11 is 0. The van der Waals surface area contributed by atoms with Gasteiger partial charge in [0.15, 0.2) is 11.5 Å². The Hall–Kier alpha value is -2.06. The number of hydrogen-bond acceptors (Lipinski definition) is 6. The van der Waals surface area contributed by atoms with Crippen LogP contribution in [0, 0.1) is 0 Å². The number of ether oxygens (including phenoxy) is 3. The summed E-state index contributed by atoms with van der Waals surface area (Å²) in [6, 6.07) is 9.22. The lowest BCUT2D eigenvalue weighted by Gasteiger charge is -2.19. The van der Waals surface area contributed by atoms with Crippen LogP contribution in [0.15, 0.2) is 42.7 Å². The number of carbonyl (C=O) groups excluding carboxylic acids is 1. The van der Waals surface area contributed by atoms with E-state index in [-0.39, 0.29) is 49.3 Å². The lowest BCUT2D eigenvalue weighted by atomic mass is 10.1. The maximum atomic E-state index is 12.1. The Morgan fingerprint density at radius 3 is 2.41 bits per heavy atom. The third-order valence-electron chi connectivity index (χ3n) is 4.22. The van der Waals surface area contributed by atoms with Crippen LogP contribution in [0.25, 0.3) is 0 Å². The van der Waals surface area contributed by atoms with Gasteiger partial charge in [-0.2, -0.15) is 0 Å². The molecule has 0 spiro atoms. The fourth-order valence-corrected chi connectivity index (χ4v) is 2.57. The average molecular weight is 446 g/mol. The predicted molar refractivity (Wildman–Crippen MR) is 117 cm³/mol. The molecule has 0 fully saturated rings. The fourth-order valence-electron chi connectivity index (χ4n) is 2.57. The van der Waals surface area contributed by atoms with Gasteiger partial charge in [0.1, 0.15) is 6.61 Å². The predicted octanol–water partition coefficient (Wildman–Crippen LogP) is 3.05. The van der Waals surface area contributed by atoms with Crippen molar-refractivity contribution in [2.75, 3.05) is 20.8 Å². The summed E-state index contributed by atoms with van der Waals surface area (Å²) in [4.78, 5) is 16.1. The average Bonchev–Trinajstić information content (AvgIpc) is 2.70. The van der Waals surface area contributed by atoms with E-state index < -0.39 is 0 Å². The molecule has 0 aliphatic rings. The Labute approximate surface area is 184 Å². The van der Waals surface area contributed by atoms with E-state index in [0.29, 0.717) is 24.7 Å². The van der Waals surface area contributed by atoms with Gasteiger partial charge >= 0.3 is 0 Å². The van der Waals surface area contributed by atoms with E-state index in [1.54, 1.807) is 26.6 Å². The molecule has 2 rings (SSSR count). The largest absolute Gasteiger partial charge is 0.493 e. The number of pyridine rings is 1. The summed E-state index contributed by atoms with van der Waals surface area (Å²) in [5.74, 6) is 1.13. The highest BCUT2D eigenvalue weighted by molar-refractivity contribution is 5.85. The van der Waals surface area contributed by atoms with Crippen LogP contribution in [-0.2, 0) is 16.1 Å². The first-order valence-corrected chi connectivity index (χ1v) is 8.79. The number of nitrogens with two attached hydrogens (primary N) is 1. The number of aromatic nitrogens is 1. The molecule has 0 bridgehead atoms. The highest BCUT2D eigenvalue weighted by Crippen LogP contribution is 2.31. The molecule has 1 aromatic carbocycles. The van der Waals surface area contributed by atoms with Crippen molar-refractivity contribution >= 4 is 30.7 Å². The van der Waals surface area contributed by atoms with Crippen molar-refractivity contribution in [3.05, 3.63) is 53.9 Å². The fraction of sp³-hybridized carbons (Fsp3) is 0.400. The normalized spacial score (nSPS) is 12.0. The molecule has 2 unspecified atom stereocenters. The first-order chi connectivity index (χ1) is 13.1. The number of nitrogens with one attached hydrogen (secondary N) is 1. The second kappa shape index (κ2) is 14.0. The zero-order valence-corrected chi connectivity index (χ0v) is 18.4. The number of halogens is 2. The third-order valence-corrected chi connectivity index (χ3v) is 4.22. The van der Waals surface area contributed by atoms with E-state index >= 15 is 0 Å². The molecule has 1 amide bonds. The third kappa shape index (κ3) is 8.45. The minimum Gasteiger partial charge on any atom is -0.493 e. The molecule has 3 N–H and O–H groups in total. The number of hydrogen-bond donors (Lipinski definition) is 2. The quantitative estimate of drug-likeness (QED) is 0.583. The van der Waals surface area contributed by atoms with Gasteiger partial charge in [-0.3, -0.25) is 9.78 Å². The van der Waals surface area contributed by atoms with Crippen molar-refractivity contribution in [1.29, 1.82) is 0 Å². The highest BCUT2D eigenvalue weighted by atomic mass is 35.5. The number of methoxy groups -OCH3 is 2. The monoisotopic (exact) mass is 445 g/mol. The van der Waals surface area contributed by atoms with E-state index in [1.165, 1.54) is 0 Å². The molecular weight excluding hydrogens is 417 g/mol. The summed E-state index contributed by atoms with van der Waals surface area (Å²) in [7, 11) is 3.13. The van der Waals surface area contributed by atoms with Gasteiger partial charge in [0.2, 0.25) is 5.91 Å². The van der Waals surface area contributed by atoms with Gasteiger partial charge in [0, 0.05) is 26.0 Å². The van der Waals surface area contributed by atoms with Gasteiger partial charge in [-0.1, -0.05) is 6.07 Å². The molecule has 9 heteroatoms. The Balaban J connectivity index is 0.00000392. The molecule has 0 aliphatic heterocycles. The smallest absolute Gasteiger partial charge is 0.223 e. The summed E-state index contributed by atoms with van der Waals surface area (Å²) in [6.45, 7) is 2.63. The first-order valence-electron chi connectivity index (χ1n) is 8.79. The van der Waals surface area contributed by atoms with E-state index in [0.717, 1.165) is 11.1 Å². The zero-order chi connectivity index (χ0) is 19.6. The maximum absolute atomic E-state index is 12.1. The molecule has 2 aromatic rings. The second-order valence-corrected chi connectivity index (χ2v) is 6.14. The van der Waals surface area contributed by atoms with Crippen molar-refractivity contribution < 1.29 is 19.0 Å². The van der Waals surface area contributed by atoms with Crippen LogP contribution in [0.3, 0.4) is 0 Å². The Kier molecular flexibility index (Phi) is 13.0. The van der Waals surface area contributed by atoms with Crippen molar-refractivity contribution in [2.45, 2.75) is 32.1 Å². The number of carbonyl (C=O) groups is 1. The molecule has 0 radical (unpaired) electrons. The molecular formula is C20H29Cl2N3O4. The van der Waals surface area contributed by atoms with Gasteiger partial charge in [-0.15, -0.1) is 24.8 Å². The van der Waals surface area contributed by atoms with Gasteiger partial charge in [-0.05, 0) is 42.3 Å². The van der Waals surface area contributed by atoms with Crippen LogP contribution < -0.4 is 20.5 Å². The van der Waals surface area contributed by atoms with E-state index in [1.807, 2.05) is 37.3 Å². The van der Waals surface area contributed by atoms with Gasteiger partial charge < -0.3 is 25.3 Å². The van der Waals surface area contributed by atoms with Crippen molar-refractivity contribution in [3.63, 3.8) is 0 Å². The number of nitrogens with zero attached hydrogens (tertiary/aromatic N) is 1. The van der Waals surface area contributed by atoms with Crippen LogP contribution in [0.4, 0.5) is 0 Å². The van der Waals surface area contributed by atoms with Gasteiger partial charge in [-0.25, -0.2) is 0 Å². The minimum absolute atomic E-state index is 0. The summed E-state index contributed by atoms with van der Waals surface area (Å²) in [6.07, 6.45) is 3.39. The molecule has 1 aromatic heterocycles. The zero-order valence-electron chi connectivity index (χ0n) is 16.8. The van der Waals surface area contributed by atoms with Gasteiger partial charge in [0.25, 0.3) is 0 Å². The molecule has 7 nitrogen and oxygen atoms in total. The molecule has 0 aliphatic carbocycles. The summed E-state index contributed by atoms with van der Waals surface area (Å²) in [5, 5.41) is 2.95. The highest BCUT2D eigenvalue weighted by Gasteiger charge is 2.16. The second-order valence-electron chi connectivity index (χ2n) is 6.14. The Morgan fingerprint density at radius 2 is 1.83 bits per heavy atom. The standard InChI is InChI=1S/C20H27N3O4.2ClH/c1-14(23-20(24)11-17(12-21)25-2)16-4-5-18(19(10-16)26-3)27-13-15-6-8-22-9-7-15;;/h4-10,14,17H,11-13,21H2,1-3H3,(H,23,24);2*1H. The molecule has 1 heterocycles. The molecule has 0 saturated heterocycles. The van der Waals surface area contributed by atoms with E-state index in [4.69, 9.17) is 19.9 Å². The van der Waals surface area contributed by atoms with Crippen LogP contribution in [0.5, 0.6) is 11.5 Å². The van der Waals surface area contributed by atoms with E-state index in [9.17, 15) is 4.79 Å². The Morgan fingerprint density at radius 1 is 1.14 bits per heavy atom. The van der Waals surface area contributed by atoms with Crippen LogP contribution >= 0.6 is 24.8 Å². The SMILES string of the molecule is COc1cc(C(C)NC(=O)CC(CN)OC)ccc1OCc1ccncc1.Cl.Cl. The topological polar surface area (TPSA) is 95.7 Å². The number of amides is 1. The minimum atomic E-state index is -0.282. The van der Waals surface area contributed by atoms with Crippen LogP contribution in [0.1, 0.15) is 30.5 Å². The lowest BCUT2D eigenvalue weighted by molar-refractivity contribution is -0.124. The molecule has 162 valence electrons. The van der Waals surface area contributed by atoms with Crippen LogP contribution in [-0.4, -0.2) is 37.8 Å². The molecule has 2 atom stereocenters. The Bertz CT molecular complexity index is 731. The van der Waals surface area contributed by atoms with Crippen molar-refractivity contribution in [1.82, 2.24) is 10.3 Å². The number of benzene rings is 1. The maximum Gasteiger partial charge on any atom is 0.223 e. The van der Waals surface area contributed by atoms with Gasteiger partial charge in [0.05, 0.1) is 25.7 Å². The summed E-state index contributed by atoms with van der Waals surface area (Å²) < 4.78 is 16.4. The number of rotatable bonds is 10. The molecule has 29 heavy (non-hydrogen) atoms. The summed E-state index contributed by atoms with van der Waals surface area (Å²) in [5.41, 5.74) is 7.49. The first kappa shape index (κ1) is 26.9. The molecule has 0 saturated carbocycles.